The van der Waals surface area contributed by atoms with Crippen molar-refractivity contribution in [2.24, 2.45) is 0 Å². The van der Waals surface area contributed by atoms with E-state index >= 15 is 0 Å². The maximum Gasteiger partial charge on any atom is 0.165 e. The van der Waals surface area contributed by atoms with Crippen LogP contribution in [0.2, 0.25) is 0 Å². The maximum atomic E-state index is 13.9. The maximum absolute atomic E-state index is 13.9. The minimum absolute atomic E-state index is 0.0345. The Morgan fingerprint density at radius 1 is 1.32 bits per heavy atom. The Bertz CT molecular complexity index is 511. The molecule has 1 N–H and O–H groups in total. The topological polar surface area (TPSA) is 34.4 Å². The first-order chi connectivity index (χ1) is 9.22. The van der Waals surface area contributed by atoms with Crippen LogP contribution in [0.4, 0.5) is 4.39 Å². The second-order valence-corrected chi connectivity index (χ2v) is 4.31. The third-order valence-electron chi connectivity index (χ3n) is 2.91. The third kappa shape index (κ3) is 3.35. The van der Waals surface area contributed by atoms with Crippen molar-refractivity contribution in [3.63, 3.8) is 0 Å². The number of benzene rings is 1. The molecule has 4 heteroatoms. The molecule has 0 spiro atoms. The molecule has 1 heterocycles. The zero-order valence-corrected chi connectivity index (χ0v) is 11.2. The van der Waals surface area contributed by atoms with Gasteiger partial charge < -0.3 is 14.5 Å². The number of rotatable bonds is 6. The predicted octanol–water partition coefficient (Wildman–Crippen LogP) is 3.67. The second-order valence-electron chi connectivity index (χ2n) is 4.31. The molecule has 0 amide bonds. The van der Waals surface area contributed by atoms with Crippen LogP contribution in [0, 0.1) is 5.82 Å². The van der Waals surface area contributed by atoms with Gasteiger partial charge in [-0.3, -0.25) is 0 Å². The molecule has 2 rings (SSSR count). The normalized spacial score (nSPS) is 12.4. The van der Waals surface area contributed by atoms with Crippen molar-refractivity contribution in [3.8, 4) is 5.75 Å². The Labute approximate surface area is 112 Å². The smallest absolute Gasteiger partial charge is 0.165 e. The summed E-state index contributed by atoms with van der Waals surface area (Å²) in [4.78, 5) is 0. The van der Waals surface area contributed by atoms with Gasteiger partial charge in [0, 0.05) is 11.6 Å². The molecular formula is C15H18FNO2. The first kappa shape index (κ1) is 13.6. The van der Waals surface area contributed by atoms with Crippen molar-refractivity contribution in [1.29, 1.82) is 0 Å². The van der Waals surface area contributed by atoms with Crippen LogP contribution in [0.15, 0.2) is 41.0 Å². The van der Waals surface area contributed by atoms with Crippen LogP contribution in [-0.4, -0.2) is 6.54 Å². The standard InChI is InChI=1S/C15H18FNO2/c1-3-17-11(2)13-7-4-8-14(16)15(13)19-10-12-6-5-9-18-12/h4-9,11,17H,3,10H2,1-2H3. The number of hydrogen-bond acceptors (Lipinski definition) is 3. The monoisotopic (exact) mass is 263 g/mol. The Kier molecular flexibility index (Phi) is 4.58. The van der Waals surface area contributed by atoms with Crippen LogP contribution in [0.5, 0.6) is 5.75 Å². The molecule has 1 unspecified atom stereocenters. The van der Waals surface area contributed by atoms with Crippen LogP contribution in [0.25, 0.3) is 0 Å². The molecule has 2 aromatic rings. The molecule has 0 aliphatic heterocycles. The summed E-state index contributed by atoms with van der Waals surface area (Å²) in [5, 5.41) is 3.25. The van der Waals surface area contributed by atoms with E-state index in [0.29, 0.717) is 5.76 Å². The van der Waals surface area contributed by atoms with Gasteiger partial charge in [-0.15, -0.1) is 0 Å². The highest BCUT2D eigenvalue weighted by Gasteiger charge is 2.15. The number of nitrogens with one attached hydrogen (secondary N) is 1. The summed E-state index contributed by atoms with van der Waals surface area (Å²) in [6.45, 7) is 5.03. The lowest BCUT2D eigenvalue weighted by Crippen LogP contribution is -2.19. The Balaban J connectivity index is 2.17. The quantitative estimate of drug-likeness (QED) is 0.863. The zero-order chi connectivity index (χ0) is 13.7. The van der Waals surface area contributed by atoms with Gasteiger partial charge in [-0.25, -0.2) is 4.39 Å². The molecule has 0 aliphatic carbocycles. The molecule has 3 nitrogen and oxygen atoms in total. The van der Waals surface area contributed by atoms with Gasteiger partial charge >= 0.3 is 0 Å². The number of halogens is 1. The zero-order valence-electron chi connectivity index (χ0n) is 11.2. The van der Waals surface area contributed by atoms with Gasteiger partial charge in [0.1, 0.15) is 12.4 Å². The summed E-state index contributed by atoms with van der Waals surface area (Å²) in [5.74, 6) is 0.603. The van der Waals surface area contributed by atoms with Crippen molar-refractivity contribution in [3.05, 3.63) is 53.7 Å². The van der Waals surface area contributed by atoms with Gasteiger partial charge in [0.25, 0.3) is 0 Å². The van der Waals surface area contributed by atoms with Crippen LogP contribution in [0.1, 0.15) is 31.2 Å². The van der Waals surface area contributed by atoms with E-state index in [1.165, 1.54) is 6.07 Å². The Morgan fingerprint density at radius 2 is 2.16 bits per heavy atom. The number of hydrogen-bond donors (Lipinski definition) is 1. The van der Waals surface area contributed by atoms with E-state index in [2.05, 4.69) is 5.32 Å². The minimum atomic E-state index is -0.353. The van der Waals surface area contributed by atoms with Crippen molar-refractivity contribution in [2.75, 3.05) is 6.54 Å². The SMILES string of the molecule is CCNC(C)c1cccc(F)c1OCc1ccco1. The van der Waals surface area contributed by atoms with Crippen LogP contribution >= 0.6 is 0 Å². The lowest BCUT2D eigenvalue weighted by Gasteiger charge is -2.17. The Hall–Kier alpha value is -1.81. The average molecular weight is 263 g/mol. The summed E-state index contributed by atoms with van der Waals surface area (Å²) in [6, 6.07) is 8.58. The predicted molar refractivity (Wildman–Crippen MR) is 71.5 cm³/mol. The molecule has 1 atom stereocenters. The van der Waals surface area contributed by atoms with Crippen LogP contribution in [0.3, 0.4) is 0 Å². The first-order valence-corrected chi connectivity index (χ1v) is 6.39. The van der Waals surface area contributed by atoms with E-state index in [9.17, 15) is 4.39 Å². The number of ether oxygens (including phenoxy) is 1. The summed E-state index contributed by atoms with van der Waals surface area (Å²) < 4.78 is 24.6. The molecule has 0 bridgehead atoms. The van der Waals surface area contributed by atoms with E-state index in [4.69, 9.17) is 9.15 Å². The average Bonchev–Trinajstić information content (AvgIpc) is 2.90. The number of furan rings is 1. The summed E-state index contributed by atoms with van der Waals surface area (Å²) in [5.41, 5.74) is 0.813. The van der Waals surface area contributed by atoms with Crippen LogP contribution < -0.4 is 10.1 Å². The van der Waals surface area contributed by atoms with E-state index < -0.39 is 0 Å². The molecular weight excluding hydrogens is 245 g/mol. The minimum Gasteiger partial charge on any atom is -0.482 e. The van der Waals surface area contributed by atoms with Crippen molar-refractivity contribution in [1.82, 2.24) is 5.32 Å². The van der Waals surface area contributed by atoms with E-state index in [1.54, 1.807) is 24.5 Å². The molecule has 19 heavy (non-hydrogen) atoms. The fourth-order valence-electron chi connectivity index (χ4n) is 1.97. The van der Waals surface area contributed by atoms with Crippen LogP contribution in [-0.2, 0) is 6.61 Å². The van der Waals surface area contributed by atoms with E-state index in [1.807, 2.05) is 19.9 Å². The first-order valence-electron chi connectivity index (χ1n) is 6.39. The van der Waals surface area contributed by atoms with Gasteiger partial charge in [0.2, 0.25) is 0 Å². The molecule has 1 aromatic heterocycles. The van der Waals surface area contributed by atoms with Crippen molar-refractivity contribution >= 4 is 0 Å². The molecule has 102 valence electrons. The molecule has 0 saturated carbocycles. The van der Waals surface area contributed by atoms with Crippen molar-refractivity contribution in [2.45, 2.75) is 26.5 Å². The number of para-hydroxylation sites is 1. The summed E-state index contributed by atoms with van der Waals surface area (Å²) >= 11 is 0. The fraction of sp³-hybridized carbons (Fsp3) is 0.333. The van der Waals surface area contributed by atoms with Gasteiger partial charge in [-0.05, 0) is 31.7 Å². The summed E-state index contributed by atoms with van der Waals surface area (Å²) in [7, 11) is 0. The molecule has 0 radical (unpaired) electrons. The Morgan fingerprint density at radius 3 is 2.84 bits per heavy atom. The lowest BCUT2D eigenvalue weighted by atomic mass is 10.1. The van der Waals surface area contributed by atoms with E-state index in [0.717, 1.165) is 12.1 Å². The third-order valence-corrected chi connectivity index (χ3v) is 2.91. The summed E-state index contributed by atoms with van der Waals surface area (Å²) in [6.07, 6.45) is 1.57. The highest BCUT2D eigenvalue weighted by atomic mass is 19.1. The molecule has 0 saturated heterocycles. The van der Waals surface area contributed by atoms with Gasteiger partial charge in [0.15, 0.2) is 11.6 Å². The largest absolute Gasteiger partial charge is 0.482 e. The van der Waals surface area contributed by atoms with Gasteiger partial charge in [-0.1, -0.05) is 19.1 Å². The fourth-order valence-corrected chi connectivity index (χ4v) is 1.97. The molecule has 0 aliphatic rings. The van der Waals surface area contributed by atoms with Crippen molar-refractivity contribution < 1.29 is 13.5 Å². The van der Waals surface area contributed by atoms with Gasteiger partial charge in [-0.2, -0.15) is 0 Å². The van der Waals surface area contributed by atoms with Gasteiger partial charge in [0.05, 0.1) is 6.26 Å². The molecule has 1 aromatic carbocycles. The lowest BCUT2D eigenvalue weighted by molar-refractivity contribution is 0.254. The van der Waals surface area contributed by atoms with E-state index in [-0.39, 0.29) is 24.2 Å². The highest BCUT2D eigenvalue weighted by Crippen LogP contribution is 2.28. The second kappa shape index (κ2) is 6.38. The highest BCUT2D eigenvalue weighted by molar-refractivity contribution is 5.37. The molecule has 0 fully saturated rings.